The predicted molar refractivity (Wildman–Crippen MR) is 123 cm³/mol. The van der Waals surface area contributed by atoms with Crippen LogP contribution >= 0.6 is 0 Å². The number of hydrogen-bond donors (Lipinski definition) is 0. The summed E-state index contributed by atoms with van der Waals surface area (Å²) in [6.45, 7) is 14.7. The molecule has 0 heterocycles. The van der Waals surface area contributed by atoms with Gasteiger partial charge in [-0.3, -0.25) is 0 Å². The standard InChI is InChI=1S/C25H42O2S/c1-7-8-9-10-11-12-13-14-17-20-28(26,27)23-19-16-15-18-22(23)25(5,6)21-24(2,3)4/h7,15-16,18-19H,1,8-14,17,20-21H2,2-6H3. The molecule has 28 heavy (non-hydrogen) atoms. The van der Waals surface area contributed by atoms with Crippen molar-refractivity contribution in [1.82, 2.24) is 0 Å². The fourth-order valence-corrected chi connectivity index (χ4v) is 6.06. The molecule has 0 atom stereocenters. The van der Waals surface area contributed by atoms with Gasteiger partial charge >= 0.3 is 0 Å². The van der Waals surface area contributed by atoms with Gasteiger partial charge in [0.2, 0.25) is 0 Å². The van der Waals surface area contributed by atoms with Crippen LogP contribution in [0.5, 0.6) is 0 Å². The molecule has 3 heteroatoms. The molecule has 2 nitrogen and oxygen atoms in total. The summed E-state index contributed by atoms with van der Waals surface area (Å²) in [5, 5.41) is 0. The highest BCUT2D eigenvalue weighted by Crippen LogP contribution is 2.39. The van der Waals surface area contributed by atoms with Crippen molar-refractivity contribution in [3.05, 3.63) is 42.5 Å². The molecule has 0 aliphatic carbocycles. The Labute approximate surface area is 174 Å². The Morgan fingerprint density at radius 3 is 1.96 bits per heavy atom. The summed E-state index contributed by atoms with van der Waals surface area (Å²) in [5.74, 6) is 0.256. The molecule has 1 aromatic carbocycles. The highest BCUT2D eigenvalue weighted by atomic mass is 32.2. The highest BCUT2D eigenvalue weighted by Gasteiger charge is 2.32. The summed E-state index contributed by atoms with van der Waals surface area (Å²) < 4.78 is 26.1. The molecule has 0 radical (unpaired) electrons. The first-order chi connectivity index (χ1) is 13.0. The number of benzene rings is 1. The second-order valence-corrected chi connectivity index (χ2v) is 12.1. The Kier molecular flexibility index (Phi) is 9.97. The van der Waals surface area contributed by atoms with E-state index in [1.807, 2.05) is 24.3 Å². The van der Waals surface area contributed by atoms with Crippen molar-refractivity contribution in [2.45, 2.75) is 103 Å². The van der Waals surface area contributed by atoms with E-state index in [9.17, 15) is 8.42 Å². The Hall–Kier alpha value is -1.09. The first kappa shape index (κ1) is 24.9. The van der Waals surface area contributed by atoms with Crippen LogP contribution < -0.4 is 0 Å². The molecule has 0 saturated carbocycles. The fraction of sp³-hybridized carbons (Fsp3) is 0.680. The second-order valence-electron chi connectivity index (χ2n) is 9.99. The number of unbranched alkanes of at least 4 members (excludes halogenated alkanes) is 7. The highest BCUT2D eigenvalue weighted by molar-refractivity contribution is 7.91. The minimum absolute atomic E-state index is 0.145. The molecular formula is C25H42O2S. The Balaban J connectivity index is 2.65. The van der Waals surface area contributed by atoms with E-state index >= 15 is 0 Å². The smallest absolute Gasteiger partial charge is 0.178 e. The van der Waals surface area contributed by atoms with Crippen molar-refractivity contribution in [1.29, 1.82) is 0 Å². The van der Waals surface area contributed by atoms with Gasteiger partial charge < -0.3 is 0 Å². The van der Waals surface area contributed by atoms with Crippen molar-refractivity contribution in [3.8, 4) is 0 Å². The lowest BCUT2D eigenvalue weighted by molar-refractivity contribution is 0.281. The topological polar surface area (TPSA) is 34.1 Å². The first-order valence-corrected chi connectivity index (χ1v) is 12.6. The van der Waals surface area contributed by atoms with E-state index in [1.54, 1.807) is 6.07 Å². The summed E-state index contributed by atoms with van der Waals surface area (Å²) in [6, 6.07) is 7.62. The molecule has 0 fully saturated rings. The van der Waals surface area contributed by atoms with Gasteiger partial charge in [0.25, 0.3) is 0 Å². The summed E-state index contributed by atoms with van der Waals surface area (Å²) >= 11 is 0. The molecule has 0 aliphatic rings. The van der Waals surface area contributed by atoms with Crippen LogP contribution in [0.4, 0.5) is 0 Å². The van der Waals surface area contributed by atoms with Crippen LogP contribution in [-0.4, -0.2) is 14.2 Å². The molecule has 0 aliphatic heterocycles. The Morgan fingerprint density at radius 1 is 0.857 bits per heavy atom. The number of allylic oxidation sites excluding steroid dienone is 1. The molecule has 1 aromatic rings. The maximum Gasteiger partial charge on any atom is 0.178 e. The van der Waals surface area contributed by atoms with Gasteiger partial charge in [0.05, 0.1) is 10.6 Å². The van der Waals surface area contributed by atoms with Crippen molar-refractivity contribution in [2.75, 3.05) is 5.75 Å². The van der Waals surface area contributed by atoms with E-state index in [1.165, 1.54) is 25.7 Å². The van der Waals surface area contributed by atoms with E-state index in [4.69, 9.17) is 0 Å². The quantitative estimate of drug-likeness (QED) is 0.251. The number of hydrogen-bond acceptors (Lipinski definition) is 2. The molecular weight excluding hydrogens is 364 g/mol. The molecule has 0 unspecified atom stereocenters. The normalized spacial score (nSPS) is 12.9. The number of sulfone groups is 1. The Bertz CT molecular complexity index is 694. The van der Waals surface area contributed by atoms with Gasteiger partial charge in [0.1, 0.15) is 0 Å². The van der Waals surface area contributed by atoms with Gasteiger partial charge in [0, 0.05) is 0 Å². The predicted octanol–water partition coefficient (Wildman–Crippen LogP) is 7.48. The zero-order valence-corrected chi connectivity index (χ0v) is 19.7. The van der Waals surface area contributed by atoms with Crippen LogP contribution in [0.3, 0.4) is 0 Å². The van der Waals surface area contributed by atoms with Crippen LogP contribution in [0.15, 0.2) is 41.8 Å². The molecule has 0 N–H and O–H groups in total. The van der Waals surface area contributed by atoms with E-state index in [2.05, 4.69) is 41.2 Å². The van der Waals surface area contributed by atoms with E-state index in [0.29, 0.717) is 4.90 Å². The van der Waals surface area contributed by atoms with Crippen molar-refractivity contribution >= 4 is 9.84 Å². The van der Waals surface area contributed by atoms with Crippen LogP contribution in [-0.2, 0) is 15.3 Å². The summed E-state index contributed by atoms with van der Waals surface area (Å²) in [6.07, 6.45) is 11.8. The molecule has 0 amide bonds. The van der Waals surface area contributed by atoms with Crippen LogP contribution in [0.2, 0.25) is 0 Å². The van der Waals surface area contributed by atoms with Gasteiger partial charge in [-0.1, -0.05) is 91.0 Å². The summed E-state index contributed by atoms with van der Waals surface area (Å²) in [4.78, 5) is 0.536. The van der Waals surface area contributed by atoms with E-state index in [0.717, 1.165) is 37.7 Å². The van der Waals surface area contributed by atoms with Crippen molar-refractivity contribution < 1.29 is 8.42 Å². The SMILES string of the molecule is C=CCCCCCCCCCS(=O)(=O)c1ccccc1C(C)(C)CC(C)(C)C. The maximum absolute atomic E-state index is 13.1. The van der Waals surface area contributed by atoms with Gasteiger partial charge in [-0.15, -0.1) is 6.58 Å². The lowest BCUT2D eigenvalue weighted by atomic mass is 9.72. The summed E-state index contributed by atoms with van der Waals surface area (Å²) in [7, 11) is -3.25. The average molecular weight is 407 g/mol. The third-order valence-corrected chi connectivity index (χ3v) is 7.10. The summed E-state index contributed by atoms with van der Waals surface area (Å²) in [5.41, 5.74) is 0.937. The minimum Gasteiger partial charge on any atom is -0.224 e. The van der Waals surface area contributed by atoms with E-state index < -0.39 is 9.84 Å². The average Bonchev–Trinajstić information content (AvgIpc) is 2.58. The fourth-order valence-electron chi connectivity index (χ4n) is 4.29. The lowest BCUT2D eigenvalue weighted by Crippen LogP contribution is -2.27. The van der Waals surface area contributed by atoms with Gasteiger partial charge in [-0.25, -0.2) is 8.42 Å². The van der Waals surface area contributed by atoms with Crippen LogP contribution in [0.1, 0.15) is 98.0 Å². The largest absolute Gasteiger partial charge is 0.224 e. The molecule has 0 aromatic heterocycles. The van der Waals surface area contributed by atoms with Gasteiger partial charge in [0.15, 0.2) is 9.84 Å². The lowest BCUT2D eigenvalue weighted by Gasteiger charge is -2.34. The van der Waals surface area contributed by atoms with Crippen molar-refractivity contribution in [2.24, 2.45) is 5.41 Å². The molecule has 0 saturated heterocycles. The third-order valence-electron chi connectivity index (χ3n) is 5.24. The molecule has 0 bridgehead atoms. The second kappa shape index (κ2) is 11.2. The zero-order chi connectivity index (χ0) is 21.3. The first-order valence-electron chi connectivity index (χ1n) is 10.9. The zero-order valence-electron chi connectivity index (χ0n) is 18.9. The van der Waals surface area contributed by atoms with Crippen LogP contribution in [0, 0.1) is 5.41 Å². The third kappa shape index (κ3) is 8.94. The van der Waals surface area contributed by atoms with Gasteiger partial charge in [-0.2, -0.15) is 0 Å². The number of rotatable bonds is 13. The van der Waals surface area contributed by atoms with Gasteiger partial charge in [-0.05, 0) is 48.1 Å². The maximum atomic E-state index is 13.1. The minimum atomic E-state index is -3.25. The molecule has 160 valence electrons. The Morgan fingerprint density at radius 2 is 1.39 bits per heavy atom. The molecule has 1 rings (SSSR count). The van der Waals surface area contributed by atoms with Crippen LogP contribution in [0.25, 0.3) is 0 Å². The van der Waals surface area contributed by atoms with E-state index in [-0.39, 0.29) is 16.6 Å². The molecule has 0 spiro atoms. The monoisotopic (exact) mass is 406 g/mol. The van der Waals surface area contributed by atoms with Crippen molar-refractivity contribution in [3.63, 3.8) is 0 Å².